The lowest BCUT2D eigenvalue weighted by Gasteiger charge is -2.10. The molecule has 5 nitrogen and oxygen atoms in total. The minimum atomic E-state index is -3.07. The summed E-state index contributed by atoms with van der Waals surface area (Å²) in [6.45, 7) is -1.04. The summed E-state index contributed by atoms with van der Waals surface area (Å²) < 4.78 is 44.9. The SMILES string of the molecule is Cc1cc(NC(=O)c2cc(Br)ccc2OC(F)F)nn1Cc1ccc(F)cc1Cl. The molecule has 0 aliphatic rings. The number of nitrogens with one attached hydrogen (secondary N) is 1. The predicted octanol–water partition coefficient (Wildman–Crippen LogP) is 5.65. The molecule has 0 aliphatic carbocycles. The molecule has 1 aromatic heterocycles. The summed E-state index contributed by atoms with van der Waals surface area (Å²) >= 11 is 9.25. The third-order valence-electron chi connectivity index (χ3n) is 3.96. The van der Waals surface area contributed by atoms with Gasteiger partial charge in [0.2, 0.25) is 0 Å². The van der Waals surface area contributed by atoms with Gasteiger partial charge in [0, 0.05) is 21.3 Å². The number of hydrogen-bond donors (Lipinski definition) is 1. The average Bonchev–Trinajstić information content (AvgIpc) is 2.97. The number of halogens is 5. The van der Waals surface area contributed by atoms with Crippen LogP contribution in [0.3, 0.4) is 0 Å². The number of carbonyl (C=O) groups excluding carboxylic acids is 1. The predicted molar refractivity (Wildman–Crippen MR) is 106 cm³/mol. The minimum Gasteiger partial charge on any atom is -0.434 e. The molecular weight excluding hydrogens is 475 g/mol. The monoisotopic (exact) mass is 487 g/mol. The highest BCUT2D eigenvalue weighted by molar-refractivity contribution is 9.10. The van der Waals surface area contributed by atoms with Crippen molar-refractivity contribution in [3.05, 3.63) is 74.6 Å². The zero-order valence-corrected chi connectivity index (χ0v) is 17.3. The molecule has 0 saturated heterocycles. The van der Waals surface area contributed by atoms with Gasteiger partial charge >= 0.3 is 6.61 Å². The lowest BCUT2D eigenvalue weighted by molar-refractivity contribution is -0.0501. The van der Waals surface area contributed by atoms with Gasteiger partial charge in [-0.25, -0.2) is 4.39 Å². The fourth-order valence-electron chi connectivity index (χ4n) is 2.60. The van der Waals surface area contributed by atoms with Crippen molar-refractivity contribution in [3.8, 4) is 5.75 Å². The first kappa shape index (κ1) is 21.2. The zero-order valence-electron chi connectivity index (χ0n) is 14.9. The van der Waals surface area contributed by atoms with Crippen LogP contribution in [-0.4, -0.2) is 22.3 Å². The first-order chi connectivity index (χ1) is 13.7. The van der Waals surface area contributed by atoms with Gasteiger partial charge in [0.25, 0.3) is 5.91 Å². The van der Waals surface area contributed by atoms with Crippen LogP contribution in [0.2, 0.25) is 5.02 Å². The Balaban J connectivity index is 1.80. The molecule has 10 heteroatoms. The number of aromatic nitrogens is 2. The first-order valence-electron chi connectivity index (χ1n) is 8.27. The van der Waals surface area contributed by atoms with Crippen LogP contribution in [0.5, 0.6) is 5.75 Å². The molecule has 1 N–H and O–H groups in total. The number of nitrogens with zero attached hydrogens (tertiary/aromatic N) is 2. The van der Waals surface area contributed by atoms with E-state index in [0.717, 1.165) is 0 Å². The number of hydrogen-bond acceptors (Lipinski definition) is 3. The molecule has 152 valence electrons. The Morgan fingerprint density at radius 2 is 2.03 bits per heavy atom. The summed E-state index contributed by atoms with van der Waals surface area (Å²) in [5.41, 5.74) is 1.28. The summed E-state index contributed by atoms with van der Waals surface area (Å²) in [5.74, 6) is -1.14. The third kappa shape index (κ3) is 5.30. The number of benzene rings is 2. The van der Waals surface area contributed by atoms with E-state index in [1.165, 1.54) is 30.3 Å². The molecule has 2 aromatic carbocycles. The molecule has 3 rings (SSSR count). The Hall–Kier alpha value is -2.52. The van der Waals surface area contributed by atoms with Gasteiger partial charge in [-0.15, -0.1) is 0 Å². The van der Waals surface area contributed by atoms with E-state index in [2.05, 4.69) is 31.1 Å². The van der Waals surface area contributed by atoms with Crippen molar-refractivity contribution in [3.63, 3.8) is 0 Å². The maximum Gasteiger partial charge on any atom is 0.387 e. The molecule has 0 spiro atoms. The summed E-state index contributed by atoms with van der Waals surface area (Å²) in [7, 11) is 0. The van der Waals surface area contributed by atoms with Crippen LogP contribution in [0.1, 0.15) is 21.6 Å². The molecule has 0 atom stereocenters. The number of aryl methyl sites for hydroxylation is 1. The molecule has 0 aliphatic heterocycles. The molecule has 0 fully saturated rings. The van der Waals surface area contributed by atoms with Crippen LogP contribution < -0.4 is 10.1 Å². The maximum absolute atomic E-state index is 13.2. The second kappa shape index (κ2) is 8.87. The molecular formula is C19H14BrClF3N3O2. The normalized spacial score (nSPS) is 11.0. The van der Waals surface area contributed by atoms with Crippen molar-refractivity contribution >= 4 is 39.3 Å². The maximum atomic E-state index is 13.2. The van der Waals surface area contributed by atoms with Crippen molar-refractivity contribution in [1.82, 2.24) is 9.78 Å². The van der Waals surface area contributed by atoms with Crippen molar-refractivity contribution in [2.24, 2.45) is 0 Å². The highest BCUT2D eigenvalue weighted by Gasteiger charge is 2.18. The quantitative estimate of drug-likeness (QED) is 0.488. The Bertz CT molecular complexity index is 1060. The Labute approximate surface area is 177 Å². The summed E-state index contributed by atoms with van der Waals surface area (Å²) in [6.07, 6.45) is 0. The topological polar surface area (TPSA) is 56.1 Å². The molecule has 1 amide bonds. The van der Waals surface area contributed by atoms with Crippen molar-refractivity contribution in [2.75, 3.05) is 5.32 Å². The molecule has 0 saturated carbocycles. The number of alkyl halides is 2. The van der Waals surface area contributed by atoms with E-state index in [4.69, 9.17) is 11.6 Å². The van der Waals surface area contributed by atoms with Crippen molar-refractivity contribution < 1.29 is 22.7 Å². The molecule has 0 bridgehead atoms. The van der Waals surface area contributed by atoms with E-state index in [1.54, 1.807) is 23.7 Å². The largest absolute Gasteiger partial charge is 0.434 e. The zero-order chi connectivity index (χ0) is 21.1. The number of ether oxygens (including phenoxy) is 1. The summed E-state index contributed by atoms with van der Waals surface area (Å²) in [4.78, 5) is 12.6. The molecule has 29 heavy (non-hydrogen) atoms. The van der Waals surface area contributed by atoms with Gasteiger partial charge in [-0.3, -0.25) is 9.48 Å². The van der Waals surface area contributed by atoms with Gasteiger partial charge in [0.05, 0.1) is 12.1 Å². The Kier molecular flexibility index (Phi) is 6.49. The van der Waals surface area contributed by atoms with Gasteiger partial charge in [-0.1, -0.05) is 33.6 Å². The van der Waals surface area contributed by atoms with E-state index >= 15 is 0 Å². The van der Waals surface area contributed by atoms with Crippen LogP contribution >= 0.6 is 27.5 Å². The van der Waals surface area contributed by atoms with Gasteiger partial charge in [0.1, 0.15) is 11.6 Å². The van der Waals surface area contributed by atoms with Crippen molar-refractivity contribution in [2.45, 2.75) is 20.1 Å². The molecule has 3 aromatic rings. The second-order valence-corrected chi connectivity index (χ2v) is 7.36. The standard InChI is InChI=1S/C19H14BrClF3N3O2/c1-10-6-17(26-27(10)9-11-2-4-13(22)8-15(11)21)25-18(28)14-7-12(20)3-5-16(14)29-19(23)24/h2-8,19H,9H2,1H3,(H,25,26,28). The Morgan fingerprint density at radius 1 is 1.28 bits per heavy atom. The average molecular weight is 489 g/mol. The van der Waals surface area contributed by atoms with Crippen LogP contribution in [0.4, 0.5) is 19.0 Å². The lowest BCUT2D eigenvalue weighted by Crippen LogP contribution is -2.15. The van der Waals surface area contributed by atoms with E-state index in [0.29, 0.717) is 15.7 Å². The van der Waals surface area contributed by atoms with Gasteiger partial charge in [0.15, 0.2) is 5.82 Å². The third-order valence-corrected chi connectivity index (χ3v) is 4.81. The molecule has 1 heterocycles. The molecule has 0 radical (unpaired) electrons. The van der Waals surface area contributed by atoms with Crippen LogP contribution in [-0.2, 0) is 6.54 Å². The van der Waals surface area contributed by atoms with E-state index in [9.17, 15) is 18.0 Å². The Morgan fingerprint density at radius 3 is 2.72 bits per heavy atom. The van der Waals surface area contributed by atoms with E-state index < -0.39 is 18.3 Å². The lowest BCUT2D eigenvalue weighted by atomic mass is 10.2. The fourth-order valence-corrected chi connectivity index (χ4v) is 3.19. The summed E-state index contributed by atoms with van der Waals surface area (Å²) in [6, 6.07) is 9.78. The van der Waals surface area contributed by atoms with Gasteiger partial charge < -0.3 is 10.1 Å². The summed E-state index contributed by atoms with van der Waals surface area (Å²) in [5, 5.41) is 7.10. The van der Waals surface area contributed by atoms with E-state index in [-0.39, 0.29) is 28.7 Å². The number of carbonyl (C=O) groups is 1. The first-order valence-corrected chi connectivity index (χ1v) is 9.44. The minimum absolute atomic E-state index is 0.0755. The fraction of sp³-hybridized carbons (Fsp3) is 0.158. The molecule has 0 unspecified atom stereocenters. The van der Waals surface area contributed by atoms with E-state index in [1.807, 2.05) is 0 Å². The smallest absolute Gasteiger partial charge is 0.387 e. The number of amides is 1. The van der Waals surface area contributed by atoms with Crippen molar-refractivity contribution in [1.29, 1.82) is 0 Å². The second-order valence-electron chi connectivity index (χ2n) is 6.04. The van der Waals surface area contributed by atoms with Gasteiger partial charge in [-0.05, 0) is 42.8 Å². The van der Waals surface area contributed by atoms with Crippen LogP contribution in [0.25, 0.3) is 0 Å². The van der Waals surface area contributed by atoms with Crippen LogP contribution in [0.15, 0.2) is 46.9 Å². The van der Waals surface area contributed by atoms with Crippen LogP contribution in [0, 0.1) is 12.7 Å². The number of rotatable bonds is 6. The number of anilines is 1. The van der Waals surface area contributed by atoms with Gasteiger partial charge in [-0.2, -0.15) is 13.9 Å². The highest BCUT2D eigenvalue weighted by Crippen LogP contribution is 2.26. The highest BCUT2D eigenvalue weighted by atomic mass is 79.9.